The average molecular weight is 522 g/mol. The van der Waals surface area contributed by atoms with Gasteiger partial charge in [0.05, 0.1) is 34.7 Å². The molecule has 1 aliphatic heterocycles. The summed E-state index contributed by atoms with van der Waals surface area (Å²) in [6.07, 6.45) is 3.63. The number of carbonyl (C=O) groups is 2. The van der Waals surface area contributed by atoms with Crippen LogP contribution >= 0.6 is 11.3 Å². The number of aliphatic hydroxyl groups excluding tert-OH is 2. The number of aromatic nitrogens is 1. The smallest absolute Gasteiger partial charge is 0.309 e. The molecule has 1 aliphatic rings. The van der Waals surface area contributed by atoms with E-state index in [0.29, 0.717) is 18.3 Å². The van der Waals surface area contributed by atoms with Crippen molar-refractivity contribution in [3.63, 3.8) is 0 Å². The Kier molecular flexibility index (Phi) is 11.3. The van der Waals surface area contributed by atoms with E-state index in [1.807, 2.05) is 25.3 Å². The second-order valence-electron chi connectivity index (χ2n) is 11.6. The highest BCUT2D eigenvalue weighted by atomic mass is 32.1. The molecule has 0 spiro atoms. The molecule has 1 fully saturated rings. The van der Waals surface area contributed by atoms with Gasteiger partial charge in [-0.1, -0.05) is 61.3 Å². The topological polar surface area (TPSA) is 96.7 Å². The Hall–Kier alpha value is -1.57. The highest BCUT2D eigenvalue weighted by Gasteiger charge is 2.42. The number of nitrogens with zero attached hydrogens (tertiary/aromatic N) is 1. The summed E-state index contributed by atoms with van der Waals surface area (Å²) in [5, 5.41) is 24.8. The zero-order chi connectivity index (χ0) is 27.2. The number of Topliss-reactive ketones (excluding diaryl/α,β-unsaturated/α-hetero) is 1. The predicted molar refractivity (Wildman–Crippen MR) is 146 cm³/mol. The van der Waals surface area contributed by atoms with Gasteiger partial charge in [-0.05, 0) is 55.6 Å². The molecule has 204 valence electrons. The Morgan fingerprint density at radius 2 is 1.78 bits per heavy atom. The van der Waals surface area contributed by atoms with Crippen molar-refractivity contribution in [1.82, 2.24) is 4.98 Å². The number of aryl methyl sites for hydroxylation is 1. The van der Waals surface area contributed by atoms with Crippen LogP contribution in [0.3, 0.4) is 0 Å². The molecule has 2 heterocycles. The van der Waals surface area contributed by atoms with Gasteiger partial charge in [-0.3, -0.25) is 9.59 Å². The lowest BCUT2D eigenvalue weighted by Gasteiger charge is -2.35. The number of hydrogen-bond donors (Lipinski definition) is 2. The van der Waals surface area contributed by atoms with Crippen molar-refractivity contribution in [3.8, 4) is 0 Å². The van der Waals surface area contributed by atoms with Gasteiger partial charge in [-0.15, -0.1) is 11.3 Å². The molecular formula is C29H47NO5S. The number of aliphatic hydroxyl groups is 2. The van der Waals surface area contributed by atoms with Crippen LogP contribution in [0.25, 0.3) is 6.08 Å². The van der Waals surface area contributed by atoms with Crippen LogP contribution in [0.1, 0.15) is 98.2 Å². The minimum absolute atomic E-state index is 0.0266. The third-order valence-corrected chi connectivity index (χ3v) is 9.25. The molecule has 0 saturated carbocycles. The monoisotopic (exact) mass is 521 g/mol. The first-order valence-corrected chi connectivity index (χ1v) is 14.4. The summed E-state index contributed by atoms with van der Waals surface area (Å²) < 4.78 is 5.95. The third kappa shape index (κ3) is 7.96. The lowest BCUT2D eigenvalue weighted by molar-refractivity contribution is -0.155. The van der Waals surface area contributed by atoms with Crippen molar-refractivity contribution in [1.29, 1.82) is 0 Å². The summed E-state index contributed by atoms with van der Waals surface area (Å²) in [6.45, 7) is 15.4. The standard InChI is InChI=1S/C29H47NO5S/c1-9-25-30-22(16-36-25)13-20(5)23-14-19(4)17(2)11-10-12-18(3)27(33)21(6)28(34)29(7,8)24(31)15-26(32)35-23/h13,16-19,21,23-24,27,31,33H,9-12,14-15H2,1-8H3/b20-13+. The Balaban J connectivity index is 2.34. The Morgan fingerprint density at radius 1 is 1.14 bits per heavy atom. The molecule has 7 heteroatoms. The maximum atomic E-state index is 13.2. The summed E-state index contributed by atoms with van der Waals surface area (Å²) in [4.78, 5) is 30.9. The van der Waals surface area contributed by atoms with E-state index in [0.717, 1.165) is 42.0 Å². The fraction of sp³-hybridized carbons (Fsp3) is 0.759. The molecule has 0 amide bonds. The number of cyclic esters (lactones) is 1. The van der Waals surface area contributed by atoms with Gasteiger partial charge >= 0.3 is 5.97 Å². The molecule has 2 N–H and O–H groups in total. The molecule has 0 aromatic carbocycles. The van der Waals surface area contributed by atoms with E-state index in [1.165, 1.54) is 0 Å². The highest BCUT2D eigenvalue weighted by molar-refractivity contribution is 7.09. The van der Waals surface area contributed by atoms with Crippen LogP contribution in [0.2, 0.25) is 0 Å². The lowest BCUT2D eigenvalue weighted by Crippen LogP contribution is -2.45. The van der Waals surface area contributed by atoms with Crippen LogP contribution in [0, 0.1) is 29.1 Å². The van der Waals surface area contributed by atoms with Crippen molar-refractivity contribution in [3.05, 3.63) is 21.7 Å². The van der Waals surface area contributed by atoms with Gasteiger partial charge in [-0.2, -0.15) is 0 Å². The summed E-state index contributed by atoms with van der Waals surface area (Å²) >= 11 is 1.62. The summed E-state index contributed by atoms with van der Waals surface area (Å²) in [7, 11) is 0. The zero-order valence-electron chi connectivity index (χ0n) is 23.4. The summed E-state index contributed by atoms with van der Waals surface area (Å²) in [5.74, 6) is -0.704. The van der Waals surface area contributed by atoms with Crippen LogP contribution in [-0.2, 0) is 20.7 Å². The van der Waals surface area contributed by atoms with E-state index in [-0.39, 0.29) is 18.1 Å². The fourth-order valence-electron chi connectivity index (χ4n) is 5.01. The van der Waals surface area contributed by atoms with Crippen LogP contribution in [0.5, 0.6) is 0 Å². The van der Waals surface area contributed by atoms with Gasteiger partial charge in [0.1, 0.15) is 11.9 Å². The summed E-state index contributed by atoms with van der Waals surface area (Å²) in [5.41, 5.74) is 0.605. The largest absolute Gasteiger partial charge is 0.458 e. The first-order valence-electron chi connectivity index (χ1n) is 13.5. The maximum absolute atomic E-state index is 13.2. The first-order chi connectivity index (χ1) is 16.8. The van der Waals surface area contributed by atoms with E-state index in [4.69, 9.17) is 4.74 Å². The molecule has 0 bridgehead atoms. The molecule has 1 aromatic rings. The number of hydrogen-bond acceptors (Lipinski definition) is 7. The molecule has 7 unspecified atom stereocenters. The SMILES string of the molecule is CCc1nc(/C=C(\C)C2CC(C)C(C)CCCC(C)C(O)C(C)C(=O)C(C)(C)C(O)CC(=O)O2)cs1. The van der Waals surface area contributed by atoms with Crippen molar-refractivity contribution >= 4 is 29.2 Å². The summed E-state index contributed by atoms with van der Waals surface area (Å²) in [6, 6.07) is 0. The Bertz CT molecular complexity index is 907. The van der Waals surface area contributed by atoms with E-state index in [9.17, 15) is 19.8 Å². The highest BCUT2D eigenvalue weighted by Crippen LogP contribution is 2.34. The van der Waals surface area contributed by atoms with Gasteiger partial charge < -0.3 is 14.9 Å². The van der Waals surface area contributed by atoms with Crippen molar-refractivity contribution in [2.45, 2.75) is 112 Å². The molecule has 7 atom stereocenters. The predicted octanol–water partition coefficient (Wildman–Crippen LogP) is 5.85. The molecular weight excluding hydrogens is 474 g/mol. The quantitative estimate of drug-likeness (QED) is 0.485. The molecule has 1 aromatic heterocycles. The second-order valence-corrected chi connectivity index (χ2v) is 12.5. The number of rotatable bonds is 3. The molecule has 0 radical (unpaired) electrons. The number of ketones is 1. The van der Waals surface area contributed by atoms with Gasteiger partial charge in [0.2, 0.25) is 0 Å². The number of thiazole rings is 1. The number of esters is 1. The van der Waals surface area contributed by atoms with Crippen molar-refractivity contribution in [2.24, 2.45) is 29.1 Å². The van der Waals surface area contributed by atoms with Crippen molar-refractivity contribution in [2.75, 3.05) is 0 Å². The van der Waals surface area contributed by atoms with Crippen molar-refractivity contribution < 1.29 is 24.5 Å². The van der Waals surface area contributed by atoms with E-state index in [2.05, 4.69) is 25.8 Å². The minimum atomic E-state index is -1.21. The number of carbonyl (C=O) groups excluding carboxylic acids is 2. The maximum Gasteiger partial charge on any atom is 0.309 e. The minimum Gasteiger partial charge on any atom is -0.458 e. The molecule has 1 saturated heterocycles. The zero-order valence-corrected chi connectivity index (χ0v) is 24.2. The van der Waals surface area contributed by atoms with Gasteiger partial charge in [-0.25, -0.2) is 4.98 Å². The van der Waals surface area contributed by atoms with Crippen LogP contribution in [0.15, 0.2) is 11.0 Å². The van der Waals surface area contributed by atoms with Crippen LogP contribution in [-0.4, -0.2) is 45.3 Å². The molecule has 2 rings (SSSR count). The average Bonchev–Trinajstić information content (AvgIpc) is 3.28. The van der Waals surface area contributed by atoms with E-state index < -0.39 is 35.6 Å². The Morgan fingerprint density at radius 3 is 2.39 bits per heavy atom. The normalized spacial score (nSPS) is 33.8. The molecule has 36 heavy (non-hydrogen) atoms. The number of ether oxygens (including phenoxy) is 1. The lowest BCUT2D eigenvalue weighted by atomic mass is 9.73. The van der Waals surface area contributed by atoms with E-state index >= 15 is 0 Å². The van der Waals surface area contributed by atoms with Gasteiger partial charge in [0, 0.05) is 11.3 Å². The Labute approximate surface area is 221 Å². The third-order valence-electron chi connectivity index (χ3n) is 8.24. The fourth-order valence-corrected chi connectivity index (χ4v) is 5.72. The van der Waals surface area contributed by atoms with Gasteiger partial charge in [0.15, 0.2) is 0 Å². The first kappa shape index (κ1) is 30.7. The van der Waals surface area contributed by atoms with Crippen LogP contribution < -0.4 is 0 Å². The second kappa shape index (κ2) is 13.3. The molecule has 0 aliphatic carbocycles. The van der Waals surface area contributed by atoms with Crippen LogP contribution in [0.4, 0.5) is 0 Å². The molecule has 6 nitrogen and oxygen atoms in total. The van der Waals surface area contributed by atoms with Gasteiger partial charge in [0.25, 0.3) is 0 Å². The van der Waals surface area contributed by atoms with E-state index in [1.54, 1.807) is 32.1 Å².